The molecule has 202 valence electrons. The summed E-state index contributed by atoms with van der Waals surface area (Å²) in [5.74, 6) is -1.70. The third kappa shape index (κ3) is 5.58. The molecule has 2 N–H and O–H groups in total. The molecule has 0 aromatic heterocycles. The molecular formula is C28H30F3N3O4. The molecule has 1 heterocycles. The summed E-state index contributed by atoms with van der Waals surface area (Å²) >= 11 is 0. The molecule has 7 nitrogen and oxygen atoms in total. The van der Waals surface area contributed by atoms with Crippen molar-refractivity contribution in [3.63, 3.8) is 0 Å². The van der Waals surface area contributed by atoms with Crippen molar-refractivity contribution in [1.29, 1.82) is 0 Å². The molecule has 1 unspecified atom stereocenters. The summed E-state index contributed by atoms with van der Waals surface area (Å²) in [5, 5.41) is 11.3. The van der Waals surface area contributed by atoms with E-state index in [9.17, 15) is 27.6 Å². The fourth-order valence-corrected chi connectivity index (χ4v) is 5.33. The van der Waals surface area contributed by atoms with E-state index in [-0.39, 0.29) is 36.5 Å². The molecule has 0 bridgehead atoms. The molecule has 2 aromatic carbocycles. The standard InChI is InChI=1S/C28H30F3N3O4/c1-2-22(18-6-8-20(9-7-18)25(37)32-17-14-23(35)36)34-26(38)24(33-27(34)15-4-3-5-16-27)19-10-12-21(13-11-19)28(29,30)31/h6-13,22H,2-5,14-17H2,1H3,(H,32,37)(H,35,36). The molecule has 1 atom stereocenters. The first-order valence-corrected chi connectivity index (χ1v) is 12.8. The molecule has 1 saturated carbocycles. The van der Waals surface area contributed by atoms with Gasteiger partial charge in [0.25, 0.3) is 11.8 Å². The maximum absolute atomic E-state index is 13.8. The molecule has 2 amide bonds. The Kier molecular flexibility index (Phi) is 7.89. The van der Waals surface area contributed by atoms with Gasteiger partial charge in [-0.1, -0.05) is 37.6 Å². The zero-order chi connectivity index (χ0) is 27.5. The fraction of sp³-hybridized carbons (Fsp3) is 0.429. The number of aliphatic imine (C=N–C) groups is 1. The lowest BCUT2D eigenvalue weighted by atomic mass is 9.86. The van der Waals surface area contributed by atoms with Crippen LogP contribution in [0.15, 0.2) is 53.5 Å². The van der Waals surface area contributed by atoms with Gasteiger partial charge in [-0.15, -0.1) is 0 Å². The Morgan fingerprint density at radius 1 is 1.05 bits per heavy atom. The van der Waals surface area contributed by atoms with Crippen LogP contribution < -0.4 is 5.32 Å². The third-order valence-corrected chi connectivity index (χ3v) is 7.21. The highest BCUT2D eigenvalue weighted by molar-refractivity contribution is 6.46. The van der Waals surface area contributed by atoms with E-state index in [2.05, 4.69) is 5.32 Å². The number of amides is 2. The number of halogens is 3. The van der Waals surface area contributed by atoms with Crippen LogP contribution in [-0.4, -0.2) is 45.7 Å². The van der Waals surface area contributed by atoms with E-state index in [0.29, 0.717) is 30.4 Å². The van der Waals surface area contributed by atoms with Crippen LogP contribution in [0.5, 0.6) is 0 Å². The molecule has 10 heteroatoms. The van der Waals surface area contributed by atoms with Crippen molar-refractivity contribution in [2.45, 2.75) is 69.8 Å². The molecule has 1 fully saturated rings. The highest BCUT2D eigenvalue weighted by atomic mass is 19.4. The van der Waals surface area contributed by atoms with Gasteiger partial charge in [0, 0.05) is 17.7 Å². The average Bonchev–Trinajstić information content (AvgIpc) is 3.16. The first-order chi connectivity index (χ1) is 18.1. The number of rotatable bonds is 8. The van der Waals surface area contributed by atoms with Crippen LogP contribution in [-0.2, 0) is 15.8 Å². The second-order valence-electron chi connectivity index (χ2n) is 9.70. The largest absolute Gasteiger partial charge is 0.481 e. The van der Waals surface area contributed by atoms with Gasteiger partial charge in [0.1, 0.15) is 11.4 Å². The maximum Gasteiger partial charge on any atom is 0.416 e. The van der Waals surface area contributed by atoms with Gasteiger partial charge in [-0.2, -0.15) is 13.2 Å². The first-order valence-electron chi connectivity index (χ1n) is 12.8. The van der Waals surface area contributed by atoms with Crippen molar-refractivity contribution in [1.82, 2.24) is 10.2 Å². The van der Waals surface area contributed by atoms with Gasteiger partial charge in [0.15, 0.2) is 0 Å². The number of benzene rings is 2. The lowest BCUT2D eigenvalue weighted by Gasteiger charge is -2.43. The van der Waals surface area contributed by atoms with Crippen LogP contribution in [0, 0.1) is 0 Å². The van der Waals surface area contributed by atoms with Gasteiger partial charge in [-0.25, -0.2) is 0 Å². The average molecular weight is 530 g/mol. The lowest BCUT2D eigenvalue weighted by Crippen LogP contribution is -2.49. The Morgan fingerprint density at radius 3 is 2.24 bits per heavy atom. The Hall–Kier alpha value is -3.69. The molecule has 0 saturated heterocycles. The van der Waals surface area contributed by atoms with E-state index in [4.69, 9.17) is 10.1 Å². The van der Waals surface area contributed by atoms with Crippen molar-refractivity contribution < 1.29 is 32.7 Å². The minimum absolute atomic E-state index is 0.0162. The summed E-state index contributed by atoms with van der Waals surface area (Å²) < 4.78 is 39.2. The Bertz CT molecular complexity index is 1220. The van der Waals surface area contributed by atoms with Crippen molar-refractivity contribution in [2.75, 3.05) is 6.54 Å². The molecule has 2 aliphatic rings. The smallest absolute Gasteiger partial charge is 0.416 e. The van der Waals surface area contributed by atoms with Gasteiger partial charge in [-0.05, 0) is 61.9 Å². The quantitative estimate of drug-likeness (QED) is 0.481. The van der Waals surface area contributed by atoms with Gasteiger partial charge in [0.05, 0.1) is 18.0 Å². The number of hydrogen-bond donors (Lipinski definition) is 2. The molecule has 1 aliphatic carbocycles. The Morgan fingerprint density at radius 2 is 1.68 bits per heavy atom. The summed E-state index contributed by atoms with van der Waals surface area (Å²) in [5.41, 5.74) is 0.177. The molecular weight excluding hydrogens is 499 g/mol. The summed E-state index contributed by atoms with van der Waals surface area (Å²) in [7, 11) is 0. The van der Waals surface area contributed by atoms with Crippen LogP contribution in [0.25, 0.3) is 0 Å². The predicted molar refractivity (Wildman–Crippen MR) is 135 cm³/mol. The number of hydrogen-bond acceptors (Lipinski definition) is 4. The predicted octanol–water partition coefficient (Wildman–Crippen LogP) is 5.35. The number of aliphatic carboxylic acids is 1. The number of nitrogens with one attached hydrogen (secondary N) is 1. The summed E-state index contributed by atoms with van der Waals surface area (Å²) in [4.78, 5) is 43.6. The van der Waals surface area contributed by atoms with Gasteiger partial charge < -0.3 is 15.3 Å². The monoisotopic (exact) mass is 529 g/mol. The van der Waals surface area contributed by atoms with Gasteiger partial charge in [0.2, 0.25) is 0 Å². The van der Waals surface area contributed by atoms with E-state index < -0.39 is 23.4 Å². The normalized spacial score (nSPS) is 17.8. The van der Waals surface area contributed by atoms with Crippen LogP contribution in [0.2, 0.25) is 0 Å². The first kappa shape index (κ1) is 27.3. The third-order valence-electron chi connectivity index (χ3n) is 7.21. The number of carboxylic acid groups (broad SMARTS) is 1. The van der Waals surface area contributed by atoms with Crippen molar-refractivity contribution >= 4 is 23.5 Å². The van der Waals surface area contributed by atoms with Crippen LogP contribution in [0.1, 0.15) is 85.0 Å². The van der Waals surface area contributed by atoms with Crippen LogP contribution in [0.4, 0.5) is 13.2 Å². The minimum Gasteiger partial charge on any atom is -0.481 e. The Balaban J connectivity index is 1.61. The van der Waals surface area contributed by atoms with Gasteiger partial charge in [-0.3, -0.25) is 19.4 Å². The fourth-order valence-electron chi connectivity index (χ4n) is 5.33. The SMILES string of the molecule is CCC(c1ccc(C(=O)NCCC(=O)O)cc1)N1C(=O)C(c2ccc(C(F)(F)F)cc2)=NC12CCCCC2. The van der Waals surface area contributed by atoms with E-state index in [0.717, 1.165) is 37.0 Å². The maximum atomic E-state index is 13.8. The highest BCUT2D eigenvalue weighted by Gasteiger charge is 2.50. The Labute approximate surface area is 218 Å². The second-order valence-corrected chi connectivity index (χ2v) is 9.70. The summed E-state index contributed by atoms with van der Waals surface area (Å²) in [6.07, 6.45) is 0.0715. The molecule has 4 rings (SSSR count). The number of carbonyl (C=O) groups is 3. The van der Waals surface area contributed by atoms with Gasteiger partial charge >= 0.3 is 12.1 Å². The van der Waals surface area contributed by atoms with Crippen molar-refractivity contribution in [3.05, 3.63) is 70.8 Å². The number of nitrogens with zero attached hydrogens (tertiary/aromatic N) is 2. The number of carboxylic acids is 1. The van der Waals surface area contributed by atoms with Crippen LogP contribution >= 0.6 is 0 Å². The molecule has 1 spiro atoms. The van der Waals surface area contributed by atoms with E-state index in [1.165, 1.54) is 12.1 Å². The highest BCUT2D eigenvalue weighted by Crippen LogP contribution is 2.45. The second kappa shape index (κ2) is 11.0. The van der Waals surface area contributed by atoms with E-state index in [1.54, 1.807) is 29.2 Å². The van der Waals surface area contributed by atoms with E-state index >= 15 is 0 Å². The molecule has 2 aromatic rings. The lowest BCUT2D eigenvalue weighted by molar-refractivity contribution is -0.138. The zero-order valence-electron chi connectivity index (χ0n) is 21.1. The van der Waals surface area contributed by atoms with Crippen molar-refractivity contribution in [2.24, 2.45) is 4.99 Å². The summed E-state index contributed by atoms with van der Waals surface area (Å²) in [6.45, 7) is 1.97. The molecule has 38 heavy (non-hydrogen) atoms. The number of carbonyl (C=O) groups excluding carboxylic acids is 2. The minimum atomic E-state index is -4.47. The zero-order valence-corrected chi connectivity index (χ0v) is 21.1. The van der Waals surface area contributed by atoms with Crippen LogP contribution in [0.3, 0.4) is 0 Å². The molecule has 0 radical (unpaired) electrons. The van der Waals surface area contributed by atoms with E-state index in [1.807, 2.05) is 6.92 Å². The van der Waals surface area contributed by atoms with Crippen molar-refractivity contribution in [3.8, 4) is 0 Å². The summed E-state index contributed by atoms with van der Waals surface area (Å²) in [6, 6.07) is 11.0. The molecule has 1 aliphatic heterocycles. The topological polar surface area (TPSA) is 99.1 Å². The number of alkyl halides is 3.